The Morgan fingerprint density at radius 1 is 1.19 bits per heavy atom. The molecular formula is C13H28N2O. The molecule has 0 spiro atoms. The molecule has 1 aliphatic rings. The average molecular weight is 228 g/mol. The zero-order valence-corrected chi connectivity index (χ0v) is 11.1. The van der Waals surface area contributed by atoms with Gasteiger partial charge in [0, 0.05) is 18.6 Å². The lowest BCUT2D eigenvalue weighted by Gasteiger charge is -2.38. The van der Waals surface area contributed by atoms with E-state index in [1.54, 1.807) is 0 Å². The van der Waals surface area contributed by atoms with Crippen molar-refractivity contribution in [2.24, 2.45) is 5.73 Å². The van der Waals surface area contributed by atoms with Gasteiger partial charge in [0.25, 0.3) is 0 Å². The van der Waals surface area contributed by atoms with Crippen LogP contribution in [0.25, 0.3) is 0 Å². The summed E-state index contributed by atoms with van der Waals surface area (Å²) in [6, 6.07) is 1.02. The average Bonchev–Trinajstić information content (AvgIpc) is 2.29. The minimum Gasteiger partial charge on any atom is -0.389 e. The van der Waals surface area contributed by atoms with Gasteiger partial charge < -0.3 is 15.7 Å². The van der Waals surface area contributed by atoms with E-state index in [-0.39, 0.29) is 0 Å². The molecule has 0 aliphatic heterocycles. The summed E-state index contributed by atoms with van der Waals surface area (Å²) in [5.41, 5.74) is 5.40. The standard InChI is InChI=1S/C13H28N2O/c1-4-13(16,5-2)10-15(3)12-8-6-11(14)7-9-12/h11-12,16H,4-10,14H2,1-3H3. The van der Waals surface area contributed by atoms with Crippen LogP contribution < -0.4 is 5.73 Å². The predicted molar refractivity (Wildman–Crippen MR) is 68.4 cm³/mol. The monoisotopic (exact) mass is 228 g/mol. The molecule has 1 aliphatic carbocycles. The largest absolute Gasteiger partial charge is 0.389 e. The number of nitrogens with zero attached hydrogens (tertiary/aromatic N) is 1. The molecule has 0 radical (unpaired) electrons. The Bertz CT molecular complexity index is 196. The van der Waals surface area contributed by atoms with E-state index in [9.17, 15) is 5.11 Å². The summed E-state index contributed by atoms with van der Waals surface area (Å²) in [4.78, 5) is 2.33. The van der Waals surface area contributed by atoms with Crippen molar-refractivity contribution in [1.82, 2.24) is 4.90 Å². The number of hydrogen-bond acceptors (Lipinski definition) is 3. The van der Waals surface area contributed by atoms with Crippen LogP contribution in [-0.2, 0) is 0 Å². The zero-order chi connectivity index (χ0) is 12.2. The van der Waals surface area contributed by atoms with Crippen LogP contribution in [-0.4, -0.2) is 41.3 Å². The van der Waals surface area contributed by atoms with Gasteiger partial charge in [0.15, 0.2) is 0 Å². The van der Waals surface area contributed by atoms with E-state index in [1.165, 1.54) is 12.8 Å². The van der Waals surface area contributed by atoms with E-state index in [1.807, 2.05) is 0 Å². The molecule has 0 atom stereocenters. The van der Waals surface area contributed by atoms with Crippen LogP contribution in [0.2, 0.25) is 0 Å². The second kappa shape index (κ2) is 5.99. The number of aliphatic hydroxyl groups is 1. The molecule has 0 bridgehead atoms. The lowest BCUT2D eigenvalue weighted by Crippen LogP contribution is -2.47. The first-order chi connectivity index (χ1) is 7.50. The summed E-state index contributed by atoms with van der Waals surface area (Å²) in [6.07, 6.45) is 6.29. The summed E-state index contributed by atoms with van der Waals surface area (Å²) in [5.74, 6) is 0. The highest BCUT2D eigenvalue weighted by atomic mass is 16.3. The van der Waals surface area contributed by atoms with Crippen molar-refractivity contribution in [2.75, 3.05) is 13.6 Å². The Morgan fingerprint density at radius 2 is 1.69 bits per heavy atom. The first kappa shape index (κ1) is 13.9. The van der Waals surface area contributed by atoms with E-state index >= 15 is 0 Å². The van der Waals surface area contributed by atoms with Gasteiger partial charge >= 0.3 is 0 Å². The van der Waals surface area contributed by atoms with E-state index in [0.717, 1.165) is 32.2 Å². The highest BCUT2D eigenvalue weighted by Crippen LogP contribution is 2.24. The first-order valence-electron chi connectivity index (χ1n) is 6.69. The number of rotatable bonds is 5. The Kier molecular flexibility index (Phi) is 5.22. The molecule has 0 aromatic carbocycles. The maximum absolute atomic E-state index is 10.3. The van der Waals surface area contributed by atoms with Crippen LogP contribution in [0, 0.1) is 0 Å². The highest BCUT2D eigenvalue weighted by molar-refractivity contribution is 4.85. The van der Waals surface area contributed by atoms with Crippen LogP contribution in [0.15, 0.2) is 0 Å². The molecule has 3 nitrogen and oxygen atoms in total. The molecule has 0 aromatic heterocycles. The van der Waals surface area contributed by atoms with Gasteiger partial charge in [-0.25, -0.2) is 0 Å². The van der Waals surface area contributed by atoms with Crippen LogP contribution in [0.5, 0.6) is 0 Å². The summed E-state index contributed by atoms with van der Waals surface area (Å²) in [7, 11) is 2.14. The smallest absolute Gasteiger partial charge is 0.0768 e. The van der Waals surface area contributed by atoms with Gasteiger partial charge in [-0.05, 0) is 45.6 Å². The molecule has 1 rings (SSSR count). The minimum absolute atomic E-state index is 0.404. The molecule has 96 valence electrons. The second-order valence-electron chi connectivity index (χ2n) is 5.42. The molecular weight excluding hydrogens is 200 g/mol. The van der Waals surface area contributed by atoms with E-state index in [4.69, 9.17) is 5.73 Å². The number of hydrogen-bond donors (Lipinski definition) is 2. The summed E-state index contributed by atoms with van der Waals surface area (Å²) in [5, 5.41) is 10.3. The van der Waals surface area contributed by atoms with Crippen molar-refractivity contribution < 1.29 is 5.11 Å². The van der Waals surface area contributed by atoms with Gasteiger partial charge in [-0.3, -0.25) is 0 Å². The van der Waals surface area contributed by atoms with E-state index in [2.05, 4.69) is 25.8 Å². The molecule has 16 heavy (non-hydrogen) atoms. The third kappa shape index (κ3) is 3.72. The van der Waals surface area contributed by atoms with Crippen molar-refractivity contribution in [1.29, 1.82) is 0 Å². The quantitative estimate of drug-likeness (QED) is 0.753. The molecule has 3 N–H and O–H groups in total. The fourth-order valence-corrected chi connectivity index (χ4v) is 2.61. The maximum Gasteiger partial charge on any atom is 0.0768 e. The fourth-order valence-electron chi connectivity index (χ4n) is 2.61. The highest BCUT2D eigenvalue weighted by Gasteiger charge is 2.29. The molecule has 0 amide bonds. The summed E-state index contributed by atoms with van der Waals surface area (Å²) >= 11 is 0. The SMILES string of the molecule is CCC(O)(CC)CN(C)C1CCC(N)CC1. The van der Waals surface area contributed by atoms with Gasteiger partial charge in [-0.1, -0.05) is 13.8 Å². The lowest BCUT2D eigenvalue weighted by molar-refractivity contribution is -0.0115. The Morgan fingerprint density at radius 3 is 2.12 bits per heavy atom. The second-order valence-corrected chi connectivity index (χ2v) is 5.42. The summed E-state index contributed by atoms with van der Waals surface area (Å²) in [6.45, 7) is 4.92. The predicted octanol–water partition coefficient (Wildman–Crippen LogP) is 1.74. The molecule has 0 aromatic rings. The van der Waals surface area contributed by atoms with Crippen LogP contribution in [0.3, 0.4) is 0 Å². The van der Waals surface area contributed by atoms with E-state index < -0.39 is 5.60 Å². The van der Waals surface area contributed by atoms with Gasteiger partial charge in [-0.15, -0.1) is 0 Å². The molecule has 1 saturated carbocycles. The van der Waals surface area contributed by atoms with Gasteiger partial charge in [0.1, 0.15) is 0 Å². The van der Waals surface area contributed by atoms with Crippen molar-refractivity contribution in [2.45, 2.75) is 70.1 Å². The third-order valence-corrected chi connectivity index (χ3v) is 4.22. The van der Waals surface area contributed by atoms with Crippen molar-refractivity contribution in [3.05, 3.63) is 0 Å². The molecule has 0 heterocycles. The molecule has 0 saturated heterocycles. The van der Waals surface area contributed by atoms with Crippen LogP contribution in [0.1, 0.15) is 52.4 Å². The fraction of sp³-hybridized carbons (Fsp3) is 1.00. The Balaban J connectivity index is 2.42. The Labute approximate surface area is 100 Å². The third-order valence-electron chi connectivity index (χ3n) is 4.22. The van der Waals surface area contributed by atoms with Crippen LogP contribution in [0.4, 0.5) is 0 Å². The topological polar surface area (TPSA) is 49.5 Å². The molecule has 3 heteroatoms. The van der Waals surface area contributed by atoms with E-state index in [0.29, 0.717) is 12.1 Å². The maximum atomic E-state index is 10.3. The normalized spacial score (nSPS) is 27.4. The van der Waals surface area contributed by atoms with Crippen molar-refractivity contribution >= 4 is 0 Å². The van der Waals surface area contributed by atoms with Gasteiger partial charge in [0.2, 0.25) is 0 Å². The Hall–Kier alpha value is -0.120. The van der Waals surface area contributed by atoms with Crippen LogP contribution >= 0.6 is 0 Å². The van der Waals surface area contributed by atoms with Gasteiger partial charge in [0.05, 0.1) is 5.60 Å². The van der Waals surface area contributed by atoms with Crippen molar-refractivity contribution in [3.8, 4) is 0 Å². The van der Waals surface area contributed by atoms with Gasteiger partial charge in [-0.2, -0.15) is 0 Å². The molecule has 1 fully saturated rings. The minimum atomic E-state index is -0.506. The lowest BCUT2D eigenvalue weighted by atomic mass is 9.89. The number of likely N-dealkylation sites (N-methyl/N-ethyl adjacent to an activating group) is 1. The zero-order valence-electron chi connectivity index (χ0n) is 11.1. The first-order valence-corrected chi connectivity index (χ1v) is 6.69. The number of nitrogens with two attached hydrogens (primary N) is 1. The summed E-state index contributed by atoms with van der Waals surface area (Å²) < 4.78 is 0. The molecule has 0 unspecified atom stereocenters. The van der Waals surface area contributed by atoms with Crippen molar-refractivity contribution in [3.63, 3.8) is 0 Å².